The van der Waals surface area contributed by atoms with E-state index in [1.807, 2.05) is 18.2 Å². The van der Waals surface area contributed by atoms with Gasteiger partial charge in [0.1, 0.15) is 0 Å². The van der Waals surface area contributed by atoms with Crippen LogP contribution in [-0.2, 0) is 4.74 Å². The minimum absolute atomic E-state index is 0.340. The number of rotatable bonds is 4. The van der Waals surface area contributed by atoms with E-state index >= 15 is 0 Å². The molecule has 0 amide bonds. The quantitative estimate of drug-likeness (QED) is 0.644. The van der Waals surface area contributed by atoms with Crippen molar-refractivity contribution in [3.05, 3.63) is 59.1 Å². The average Bonchev–Trinajstić information content (AvgIpc) is 2.50. The zero-order valence-corrected chi connectivity index (χ0v) is 13.5. The second-order valence-corrected chi connectivity index (χ2v) is 5.23. The lowest BCUT2D eigenvalue weighted by Crippen LogP contribution is -2.19. The topological polar surface area (TPSA) is 50.4 Å². The number of benzene rings is 2. The molecule has 2 rings (SSSR count). The Labute approximate surface area is 139 Å². The fourth-order valence-electron chi connectivity index (χ4n) is 1.77. The Balaban J connectivity index is 2.00. The van der Waals surface area contributed by atoms with Gasteiger partial charge in [-0.1, -0.05) is 17.7 Å². The van der Waals surface area contributed by atoms with E-state index in [0.717, 1.165) is 5.69 Å². The monoisotopic (exact) mass is 334 g/mol. The summed E-state index contributed by atoms with van der Waals surface area (Å²) >= 11 is 11.1. The molecule has 0 saturated heterocycles. The van der Waals surface area contributed by atoms with E-state index < -0.39 is 0 Å². The number of thiocarbonyl (C=S) groups is 1. The summed E-state index contributed by atoms with van der Waals surface area (Å²) in [5, 5.41) is 7.14. The van der Waals surface area contributed by atoms with Crippen LogP contribution in [0.5, 0.6) is 0 Å². The van der Waals surface area contributed by atoms with Crippen molar-refractivity contribution in [3.8, 4) is 0 Å². The average molecular weight is 335 g/mol. The summed E-state index contributed by atoms with van der Waals surface area (Å²) in [5.41, 5.74) is 2.00. The SMILES string of the molecule is CCOC(=O)c1cccc(NC(=S)Nc2ccc(Cl)cc2)c1. The fraction of sp³-hybridized carbons (Fsp3) is 0.125. The second-order valence-electron chi connectivity index (χ2n) is 4.39. The maximum Gasteiger partial charge on any atom is 0.338 e. The van der Waals surface area contributed by atoms with Crippen LogP contribution in [0.25, 0.3) is 0 Å². The van der Waals surface area contributed by atoms with Gasteiger partial charge in [-0.15, -0.1) is 0 Å². The summed E-state index contributed by atoms with van der Waals surface area (Å²) in [6, 6.07) is 14.2. The fourth-order valence-corrected chi connectivity index (χ4v) is 2.13. The van der Waals surface area contributed by atoms with Crippen molar-refractivity contribution in [2.24, 2.45) is 0 Å². The minimum Gasteiger partial charge on any atom is -0.462 e. The van der Waals surface area contributed by atoms with Crippen LogP contribution < -0.4 is 10.6 Å². The van der Waals surface area contributed by atoms with Gasteiger partial charge in [0.25, 0.3) is 0 Å². The highest BCUT2D eigenvalue weighted by Crippen LogP contribution is 2.15. The molecule has 22 heavy (non-hydrogen) atoms. The molecule has 0 bridgehead atoms. The van der Waals surface area contributed by atoms with Gasteiger partial charge in [0.15, 0.2) is 5.11 Å². The van der Waals surface area contributed by atoms with Gasteiger partial charge in [-0.25, -0.2) is 4.79 Å². The van der Waals surface area contributed by atoms with E-state index in [1.54, 1.807) is 37.3 Å². The number of ether oxygens (including phenoxy) is 1. The Hall–Kier alpha value is -2.11. The summed E-state index contributed by atoms with van der Waals surface area (Å²) in [7, 11) is 0. The van der Waals surface area contributed by atoms with E-state index in [0.29, 0.717) is 28.0 Å². The molecule has 2 aromatic carbocycles. The number of carbonyl (C=O) groups is 1. The molecule has 0 aromatic heterocycles. The molecule has 0 aliphatic heterocycles. The van der Waals surface area contributed by atoms with Crippen LogP contribution in [0, 0.1) is 0 Å². The third-order valence-corrected chi connectivity index (χ3v) is 3.19. The van der Waals surface area contributed by atoms with Crippen molar-refractivity contribution >= 4 is 46.3 Å². The van der Waals surface area contributed by atoms with Gasteiger partial charge in [0.2, 0.25) is 0 Å². The van der Waals surface area contributed by atoms with Crippen molar-refractivity contribution in [2.75, 3.05) is 17.2 Å². The maximum atomic E-state index is 11.7. The summed E-state index contributed by atoms with van der Waals surface area (Å²) in [4.78, 5) is 11.7. The molecule has 0 aliphatic rings. The second kappa shape index (κ2) is 7.77. The summed E-state index contributed by atoms with van der Waals surface area (Å²) in [6.07, 6.45) is 0. The predicted molar refractivity (Wildman–Crippen MR) is 93.7 cm³/mol. The van der Waals surface area contributed by atoms with Crippen molar-refractivity contribution in [1.82, 2.24) is 0 Å². The van der Waals surface area contributed by atoms with E-state index in [1.165, 1.54) is 0 Å². The van der Waals surface area contributed by atoms with Crippen molar-refractivity contribution in [2.45, 2.75) is 6.92 Å². The molecule has 0 heterocycles. The first-order valence-corrected chi connectivity index (χ1v) is 7.48. The first-order valence-electron chi connectivity index (χ1n) is 6.69. The molecule has 0 unspecified atom stereocenters. The number of hydrogen-bond acceptors (Lipinski definition) is 3. The minimum atomic E-state index is -0.359. The molecule has 6 heteroatoms. The molecule has 0 atom stereocenters. The third kappa shape index (κ3) is 4.72. The number of hydrogen-bond donors (Lipinski definition) is 2. The summed E-state index contributed by atoms with van der Waals surface area (Å²) in [6.45, 7) is 2.11. The number of anilines is 2. The van der Waals surface area contributed by atoms with Gasteiger partial charge in [-0.05, 0) is 61.6 Å². The maximum absolute atomic E-state index is 11.7. The summed E-state index contributed by atoms with van der Waals surface area (Å²) in [5.74, 6) is -0.359. The third-order valence-electron chi connectivity index (χ3n) is 2.73. The standard InChI is InChI=1S/C16H15ClN2O2S/c1-2-21-15(20)11-4-3-5-14(10-11)19-16(22)18-13-8-6-12(17)7-9-13/h3-10H,2H2,1H3,(H2,18,19,22). The summed E-state index contributed by atoms with van der Waals surface area (Å²) < 4.78 is 4.97. The van der Waals surface area contributed by atoms with Crippen molar-refractivity contribution < 1.29 is 9.53 Å². The largest absolute Gasteiger partial charge is 0.462 e. The predicted octanol–water partition coefficient (Wildman–Crippen LogP) is 4.33. The lowest BCUT2D eigenvalue weighted by Gasteiger charge is -2.11. The van der Waals surface area contributed by atoms with E-state index in [4.69, 9.17) is 28.6 Å². The van der Waals surface area contributed by atoms with E-state index in [-0.39, 0.29) is 5.97 Å². The molecule has 0 aliphatic carbocycles. The molecule has 0 saturated carbocycles. The smallest absolute Gasteiger partial charge is 0.338 e. The molecule has 2 aromatic rings. The van der Waals surface area contributed by atoms with E-state index in [9.17, 15) is 4.79 Å². The highest BCUT2D eigenvalue weighted by Gasteiger charge is 2.07. The Kier molecular flexibility index (Phi) is 5.75. The lowest BCUT2D eigenvalue weighted by atomic mass is 10.2. The number of carbonyl (C=O) groups excluding carboxylic acids is 1. The number of nitrogens with one attached hydrogen (secondary N) is 2. The Morgan fingerprint density at radius 1 is 1.14 bits per heavy atom. The Bertz CT molecular complexity index is 674. The normalized spacial score (nSPS) is 9.91. The number of halogens is 1. The first-order chi connectivity index (χ1) is 10.6. The van der Waals surface area contributed by atoms with Gasteiger partial charge in [-0.3, -0.25) is 0 Å². The molecule has 0 spiro atoms. The Morgan fingerprint density at radius 3 is 2.50 bits per heavy atom. The first kappa shape index (κ1) is 16.3. The lowest BCUT2D eigenvalue weighted by molar-refractivity contribution is 0.0526. The molecule has 2 N–H and O–H groups in total. The molecule has 114 valence electrons. The van der Waals surface area contributed by atoms with Crippen LogP contribution in [0.4, 0.5) is 11.4 Å². The molecular formula is C16H15ClN2O2S. The Morgan fingerprint density at radius 2 is 1.82 bits per heavy atom. The highest BCUT2D eigenvalue weighted by molar-refractivity contribution is 7.80. The van der Waals surface area contributed by atoms with E-state index in [2.05, 4.69) is 10.6 Å². The number of esters is 1. The zero-order chi connectivity index (χ0) is 15.9. The molecule has 0 radical (unpaired) electrons. The van der Waals surface area contributed by atoms with Crippen LogP contribution in [0.2, 0.25) is 5.02 Å². The molecule has 4 nitrogen and oxygen atoms in total. The zero-order valence-electron chi connectivity index (χ0n) is 11.9. The van der Waals surface area contributed by atoms with Crippen LogP contribution in [-0.4, -0.2) is 17.7 Å². The van der Waals surface area contributed by atoms with Crippen LogP contribution >= 0.6 is 23.8 Å². The van der Waals surface area contributed by atoms with Crippen LogP contribution in [0.3, 0.4) is 0 Å². The highest BCUT2D eigenvalue weighted by atomic mass is 35.5. The molecule has 0 fully saturated rings. The van der Waals surface area contributed by atoms with Crippen molar-refractivity contribution in [1.29, 1.82) is 0 Å². The van der Waals surface area contributed by atoms with Crippen LogP contribution in [0.15, 0.2) is 48.5 Å². The van der Waals surface area contributed by atoms with Gasteiger partial charge >= 0.3 is 5.97 Å². The van der Waals surface area contributed by atoms with Gasteiger partial charge in [0, 0.05) is 16.4 Å². The van der Waals surface area contributed by atoms with Crippen LogP contribution in [0.1, 0.15) is 17.3 Å². The van der Waals surface area contributed by atoms with Gasteiger partial charge in [0.05, 0.1) is 12.2 Å². The van der Waals surface area contributed by atoms with Crippen molar-refractivity contribution in [3.63, 3.8) is 0 Å². The van der Waals surface area contributed by atoms with Gasteiger partial charge in [-0.2, -0.15) is 0 Å². The van der Waals surface area contributed by atoms with Gasteiger partial charge < -0.3 is 15.4 Å². The molecular weight excluding hydrogens is 320 g/mol.